The number of carbonyl (C=O) groups excluding carboxylic acids is 2. The minimum atomic E-state index is -3.67. The zero-order valence-corrected chi connectivity index (χ0v) is 17.7. The van der Waals surface area contributed by atoms with Crippen molar-refractivity contribution in [2.24, 2.45) is 0 Å². The van der Waals surface area contributed by atoms with Crippen molar-refractivity contribution in [1.29, 1.82) is 0 Å². The summed E-state index contributed by atoms with van der Waals surface area (Å²) in [5.74, 6) is -0.762. The molecule has 28 heavy (non-hydrogen) atoms. The van der Waals surface area contributed by atoms with E-state index in [9.17, 15) is 18.0 Å². The third-order valence-electron chi connectivity index (χ3n) is 3.61. The molecule has 0 heterocycles. The molecule has 0 saturated heterocycles. The molecule has 0 atom stereocenters. The number of esters is 1. The van der Waals surface area contributed by atoms with Gasteiger partial charge in [-0.25, -0.2) is 17.9 Å². The van der Waals surface area contributed by atoms with Crippen molar-refractivity contribution in [3.8, 4) is 0 Å². The average molecular weight is 469 g/mol. The lowest BCUT2D eigenvalue weighted by atomic mass is 10.2. The van der Waals surface area contributed by atoms with Gasteiger partial charge in [-0.1, -0.05) is 22.9 Å². The number of halogens is 1. The Morgan fingerprint density at radius 1 is 1.04 bits per heavy atom. The summed E-state index contributed by atoms with van der Waals surface area (Å²) in [6.07, 6.45) is 0.710. The molecule has 0 saturated carbocycles. The molecule has 7 nitrogen and oxygen atoms in total. The average Bonchev–Trinajstić information content (AvgIpc) is 2.67. The van der Waals surface area contributed by atoms with Crippen molar-refractivity contribution in [2.75, 3.05) is 18.5 Å². The predicted molar refractivity (Wildman–Crippen MR) is 110 cm³/mol. The SMILES string of the molecule is CCCOC(=O)c1ccc(NC(=O)CCNS(=O)(=O)c2ccc(Br)cc2)cc1. The van der Waals surface area contributed by atoms with Crippen LogP contribution in [0.4, 0.5) is 5.69 Å². The van der Waals surface area contributed by atoms with Crippen LogP contribution in [0, 0.1) is 0 Å². The second-order valence-corrected chi connectivity index (χ2v) is 8.55. The maximum Gasteiger partial charge on any atom is 0.338 e. The molecule has 0 unspecified atom stereocenters. The largest absolute Gasteiger partial charge is 0.462 e. The van der Waals surface area contributed by atoms with E-state index in [1.54, 1.807) is 36.4 Å². The van der Waals surface area contributed by atoms with Crippen molar-refractivity contribution >= 4 is 43.5 Å². The van der Waals surface area contributed by atoms with E-state index in [-0.39, 0.29) is 23.8 Å². The number of anilines is 1. The quantitative estimate of drug-likeness (QED) is 0.549. The van der Waals surface area contributed by atoms with Crippen LogP contribution < -0.4 is 10.0 Å². The number of hydrogen-bond donors (Lipinski definition) is 2. The van der Waals surface area contributed by atoms with Crippen LogP contribution in [-0.2, 0) is 19.6 Å². The summed E-state index contributed by atoms with van der Waals surface area (Å²) < 4.78 is 32.5. The molecule has 2 N–H and O–H groups in total. The number of nitrogens with one attached hydrogen (secondary N) is 2. The fraction of sp³-hybridized carbons (Fsp3) is 0.263. The number of carbonyl (C=O) groups is 2. The highest BCUT2D eigenvalue weighted by molar-refractivity contribution is 9.10. The highest BCUT2D eigenvalue weighted by Crippen LogP contribution is 2.14. The molecule has 0 fully saturated rings. The molecular weight excluding hydrogens is 448 g/mol. The normalized spacial score (nSPS) is 11.1. The van der Waals surface area contributed by atoms with Crippen LogP contribution in [0.2, 0.25) is 0 Å². The van der Waals surface area contributed by atoms with Crippen molar-refractivity contribution in [1.82, 2.24) is 4.72 Å². The fourth-order valence-corrected chi connectivity index (χ4v) is 3.48. The van der Waals surface area contributed by atoms with Crippen molar-refractivity contribution in [2.45, 2.75) is 24.7 Å². The van der Waals surface area contributed by atoms with Gasteiger partial charge in [0, 0.05) is 23.1 Å². The molecule has 2 aromatic carbocycles. The number of rotatable bonds is 9. The first-order valence-electron chi connectivity index (χ1n) is 8.64. The minimum absolute atomic E-state index is 0.0317. The number of sulfonamides is 1. The van der Waals surface area contributed by atoms with Gasteiger partial charge in [0.05, 0.1) is 17.1 Å². The number of hydrogen-bond acceptors (Lipinski definition) is 5. The maximum atomic E-state index is 12.2. The molecule has 150 valence electrons. The van der Waals surface area contributed by atoms with Gasteiger partial charge >= 0.3 is 5.97 Å². The molecule has 0 aliphatic rings. The molecule has 0 aliphatic carbocycles. The first kappa shape index (κ1) is 22.1. The monoisotopic (exact) mass is 468 g/mol. The molecule has 9 heteroatoms. The molecule has 1 amide bonds. The first-order chi connectivity index (χ1) is 13.3. The topological polar surface area (TPSA) is 102 Å². The Labute approximate surface area is 172 Å². The molecule has 2 aromatic rings. The summed E-state index contributed by atoms with van der Waals surface area (Å²) in [7, 11) is -3.67. The summed E-state index contributed by atoms with van der Waals surface area (Å²) >= 11 is 3.24. The third kappa shape index (κ3) is 6.74. The van der Waals surface area contributed by atoms with E-state index in [0.29, 0.717) is 17.9 Å². The minimum Gasteiger partial charge on any atom is -0.462 e. The lowest BCUT2D eigenvalue weighted by molar-refractivity contribution is -0.116. The Morgan fingerprint density at radius 3 is 2.29 bits per heavy atom. The zero-order chi connectivity index (χ0) is 20.6. The molecule has 0 aliphatic heterocycles. The molecule has 0 aromatic heterocycles. The number of benzene rings is 2. The van der Waals surface area contributed by atoms with E-state index >= 15 is 0 Å². The van der Waals surface area contributed by atoms with Gasteiger partial charge < -0.3 is 10.1 Å². The third-order valence-corrected chi connectivity index (χ3v) is 5.62. The van der Waals surface area contributed by atoms with Crippen molar-refractivity contribution in [3.05, 3.63) is 58.6 Å². The van der Waals surface area contributed by atoms with E-state index in [0.717, 1.165) is 10.9 Å². The molecule has 0 spiro atoms. The summed E-state index contributed by atoms with van der Waals surface area (Å²) in [5, 5.41) is 2.65. The molecule has 2 rings (SSSR count). The van der Waals surface area contributed by atoms with E-state index < -0.39 is 16.0 Å². The lowest BCUT2D eigenvalue weighted by Crippen LogP contribution is -2.27. The van der Waals surface area contributed by atoms with Crippen LogP contribution >= 0.6 is 15.9 Å². The highest BCUT2D eigenvalue weighted by Gasteiger charge is 2.14. The Hall–Kier alpha value is -2.23. The highest BCUT2D eigenvalue weighted by atomic mass is 79.9. The van der Waals surface area contributed by atoms with Gasteiger partial charge in [0.15, 0.2) is 0 Å². The van der Waals surface area contributed by atoms with E-state index in [1.807, 2.05) is 6.92 Å². The van der Waals surface area contributed by atoms with Gasteiger partial charge in [-0.3, -0.25) is 4.79 Å². The van der Waals surface area contributed by atoms with Crippen molar-refractivity contribution in [3.63, 3.8) is 0 Å². The van der Waals surface area contributed by atoms with Crippen LogP contribution in [-0.4, -0.2) is 33.4 Å². The Bertz CT molecular complexity index is 912. The van der Waals surface area contributed by atoms with Crippen LogP contribution in [0.3, 0.4) is 0 Å². The standard InChI is InChI=1S/C19H21BrN2O5S/c1-2-13-27-19(24)14-3-7-16(8-4-14)22-18(23)11-12-21-28(25,26)17-9-5-15(20)6-10-17/h3-10,21H,2,11-13H2,1H3,(H,22,23). The number of amides is 1. The van der Waals surface area contributed by atoms with Gasteiger partial charge in [-0.2, -0.15) is 0 Å². The van der Waals surface area contributed by atoms with Crippen LogP contribution in [0.15, 0.2) is 57.9 Å². The predicted octanol–water partition coefficient (Wildman–Crippen LogP) is 3.32. The fourth-order valence-electron chi connectivity index (χ4n) is 2.19. The van der Waals surface area contributed by atoms with Gasteiger partial charge in [0.1, 0.15) is 0 Å². The summed E-state index contributed by atoms with van der Waals surface area (Å²) in [6.45, 7) is 2.23. The van der Waals surface area contributed by atoms with Crippen molar-refractivity contribution < 1.29 is 22.7 Å². The Kier molecular flexibility index (Phi) is 8.16. The Morgan fingerprint density at radius 2 is 1.68 bits per heavy atom. The lowest BCUT2D eigenvalue weighted by Gasteiger charge is -2.08. The van der Waals surface area contributed by atoms with Crippen LogP contribution in [0.1, 0.15) is 30.1 Å². The number of ether oxygens (including phenoxy) is 1. The zero-order valence-electron chi connectivity index (χ0n) is 15.3. The van der Waals surface area contributed by atoms with Gasteiger partial charge in [-0.15, -0.1) is 0 Å². The summed E-state index contributed by atoms with van der Waals surface area (Å²) in [4.78, 5) is 23.9. The maximum absolute atomic E-state index is 12.2. The first-order valence-corrected chi connectivity index (χ1v) is 10.9. The smallest absolute Gasteiger partial charge is 0.338 e. The Balaban J connectivity index is 1.82. The summed E-state index contributed by atoms with van der Waals surface area (Å²) in [6, 6.07) is 12.5. The van der Waals surface area contributed by atoms with Crippen LogP contribution in [0.5, 0.6) is 0 Å². The molecule has 0 radical (unpaired) electrons. The molecular formula is C19H21BrN2O5S. The van der Waals surface area contributed by atoms with Gasteiger partial charge in [0.25, 0.3) is 0 Å². The van der Waals surface area contributed by atoms with Gasteiger partial charge in [0.2, 0.25) is 15.9 Å². The van der Waals surface area contributed by atoms with E-state index in [2.05, 4.69) is 26.0 Å². The summed E-state index contributed by atoms with van der Waals surface area (Å²) in [5.41, 5.74) is 0.904. The van der Waals surface area contributed by atoms with E-state index in [4.69, 9.17) is 4.74 Å². The van der Waals surface area contributed by atoms with E-state index in [1.165, 1.54) is 12.1 Å². The second kappa shape index (κ2) is 10.4. The van der Waals surface area contributed by atoms with Crippen LogP contribution in [0.25, 0.3) is 0 Å². The van der Waals surface area contributed by atoms with Gasteiger partial charge in [-0.05, 0) is 55.0 Å². The second-order valence-electron chi connectivity index (χ2n) is 5.86. The molecule has 0 bridgehead atoms.